The monoisotopic (exact) mass is 423 g/mol. The lowest BCUT2D eigenvalue weighted by Crippen LogP contribution is -2.13. The molecule has 0 saturated carbocycles. The van der Waals surface area contributed by atoms with Gasteiger partial charge in [0.2, 0.25) is 0 Å². The molecule has 4 aromatic carbocycles. The molecule has 2 aromatic heterocycles. The normalized spacial score (nSPS) is 12.3. The average molecular weight is 423 g/mol. The summed E-state index contributed by atoms with van der Waals surface area (Å²) in [5, 5.41) is 2.86. The number of para-hydroxylation sites is 1. The van der Waals surface area contributed by atoms with Gasteiger partial charge in [-0.2, -0.15) is 0 Å². The molecule has 0 spiro atoms. The molecular weight excluding hydrogens is 406 g/mol. The van der Waals surface area contributed by atoms with Crippen LogP contribution in [0.1, 0.15) is 5.56 Å². The van der Waals surface area contributed by atoms with E-state index in [4.69, 9.17) is 9.97 Å². The number of aryl methyl sites for hydroxylation is 1. The van der Waals surface area contributed by atoms with E-state index < -0.39 is 10.0 Å². The molecule has 0 aliphatic rings. The summed E-state index contributed by atoms with van der Waals surface area (Å²) in [5.41, 5.74) is 3.88. The highest BCUT2D eigenvalue weighted by molar-refractivity contribution is 7.90. The van der Waals surface area contributed by atoms with E-state index >= 15 is 0 Å². The molecule has 2 heterocycles. The molecule has 6 rings (SSSR count). The largest absolute Gasteiger partial charge is 0.269 e. The SMILES string of the molecule is Cc1ccc(S(=O)(=O)n2c3ccccc3c3nc4cc5ccccc5cc4nc32)cc1. The summed E-state index contributed by atoms with van der Waals surface area (Å²) in [6.07, 6.45) is 0. The van der Waals surface area contributed by atoms with Gasteiger partial charge in [0.15, 0.2) is 5.65 Å². The lowest BCUT2D eigenvalue weighted by Gasteiger charge is -2.09. The van der Waals surface area contributed by atoms with Crippen molar-refractivity contribution in [3.05, 3.63) is 90.5 Å². The molecular formula is C25H17N3O2S. The van der Waals surface area contributed by atoms with E-state index in [9.17, 15) is 8.42 Å². The predicted octanol–water partition coefficient (Wildman–Crippen LogP) is 5.44. The second-order valence-electron chi connectivity index (χ2n) is 7.68. The number of hydrogen-bond acceptors (Lipinski definition) is 4. The Balaban J connectivity index is 1.76. The number of nitrogens with zero attached hydrogens (tertiary/aromatic N) is 3. The molecule has 0 unspecified atom stereocenters. The molecule has 0 saturated heterocycles. The third-order valence-corrected chi connectivity index (χ3v) is 7.36. The third-order valence-electron chi connectivity index (χ3n) is 5.64. The molecule has 0 fully saturated rings. The van der Waals surface area contributed by atoms with Crippen LogP contribution in [0.15, 0.2) is 89.8 Å². The van der Waals surface area contributed by atoms with Crippen molar-refractivity contribution >= 4 is 53.9 Å². The van der Waals surface area contributed by atoms with Gasteiger partial charge in [-0.25, -0.2) is 22.4 Å². The van der Waals surface area contributed by atoms with Crippen LogP contribution >= 0.6 is 0 Å². The second-order valence-corrected chi connectivity index (χ2v) is 9.47. The molecule has 31 heavy (non-hydrogen) atoms. The number of rotatable bonds is 2. The van der Waals surface area contributed by atoms with Crippen LogP contribution in [-0.2, 0) is 10.0 Å². The first-order valence-electron chi connectivity index (χ1n) is 9.94. The van der Waals surface area contributed by atoms with Crippen LogP contribution in [-0.4, -0.2) is 22.4 Å². The van der Waals surface area contributed by atoms with Crippen LogP contribution in [0.3, 0.4) is 0 Å². The van der Waals surface area contributed by atoms with Gasteiger partial charge in [-0.1, -0.05) is 60.2 Å². The van der Waals surface area contributed by atoms with Crippen molar-refractivity contribution in [2.24, 2.45) is 0 Å². The van der Waals surface area contributed by atoms with Crippen LogP contribution in [0.25, 0.3) is 43.9 Å². The van der Waals surface area contributed by atoms with E-state index in [0.717, 1.165) is 27.2 Å². The Bertz CT molecular complexity index is 1750. The Labute approximate surface area is 178 Å². The first-order valence-corrected chi connectivity index (χ1v) is 11.4. The molecule has 150 valence electrons. The molecule has 6 aromatic rings. The summed E-state index contributed by atoms with van der Waals surface area (Å²) < 4.78 is 28.7. The van der Waals surface area contributed by atoms with Crippen molar-refractivity contribution in [2.75, 3.05) is 0 Å². The Kier molecular flexibility index (Phi) is 3.70. The third kappa shape index (κ3) is 2.65. The highest BCUT2D eigenvalue weighted by Gasteiger charge is 2.25. The number of hydrogen-bond donors (Lipinski definition) is 0. The zero-order chi connectivity index (χ0) is 21.2. The Morgan fingerprint density at radius 3 is 2.06 bits per heavy atom. The van der Waals surface area contributed by atoms with Crippen LogP contribution in [0.5, 0.6) is 0 Å². The van der Waals surface area contributed by atoms with Gasteiger partial charge in [0.05, 0.1) is 21.4 Å². The fourth-order valence-electron chi connectivity index (χ4n) is 4.08. The van der Waals surface area contributed by atoms with Crippen molar-refractivity contribution in [1.29, 1.82) is 0 Å². The van der Waals surface area contributed by atoms with E-state index in [0.29, 0.717) is 22.2 Å². The van der Waals surface area contributed by atoms with Gasteiger partial charge in [0, 0.05) is 5.39 Å². The molecule has 0 bridgehead atoms. The Morgan fingerprint density at radius 2 is 1.35 bits per heavy atom. The number of aromatic nitrogens is 3. The summed E-state index contributed by atoms with van der Waals surface area (Å²) in [6.45, 7) is 1.93. The summed E-state index contributed by atoms with van der Waals surface area (Å²) >= 11 is 0. The van der Waals surface area contributed by atoms with Crippen molar-refractivity contribution in [1.82, 2.24) is 13.9 Å². The fraction of sp³-hybridized carbons (Fsp3) is 0.0400. The zero-order valence-electron chi connectivity index (χ0n) is 16.6. The lowest BCUT2D eigenvalue weighted by atomic mass is 10.1. The first-order chi connectivity index (χ1) is 15.0. The molecule has 0 amide bonds. The number of benzene rings is 4. The highest BCUT2D eigenvalue weighted by atomic mass is 32.2. The Morgan fingerprint density at radius 1 is 0.742 bits per heavy atom. The van der Waals surface area contributed by atoms with Gasteiger partial charge in [0.25, 0.3) is 10.0 Å². The van der Waals surface area contributed by atoms with Crippen molar-refractivity contribution in [2.45, 2.75) is 11.8 Å². The quantitative estimate of drug-likeness (QED) is 0.348. The topological polar surface area (TPSA) is 64.8 Å². The molecule has 0 atom stereocenters. The Hall–Kier alpha value is -3.77. The maximum absolute atomic E-state index is 13.7. The van der Waals surface area contributed by atoms with Gasteiger partial charge in [0.1, 0.15) is 5.52 Å². The zero-order valence-corrected chi connectivity index (χ0v) is 17.5. The second kappa shape index (κ2) is 6.36. The van der Waals surface area contributed by atoms with E-state index in [1.165, 1.54) is 3.97 Å². The van der Waals surface area contributed by atoms with Crippen LogP contribution < -0.4 is 0 Å². The fourth-order valence-corrected chi connectivity index (χ4v) is 5.54. The molecule has 0 aliphatic carbocycles. The van der Waals surface area contributed by atoms with Crippen LogP contribution in [0.2, 0.25) is 0 Å². The van der Waals surface area contributed by atoms with Crippen LogP contribution in [0, 0.1) is 6.92 Å². The minimum absolute atomic E-state index is 0.223. The molecule has 6 heteroatoms. The summed E-state index contributed by atoms with van der Waals surface area (Å²) in [6, 6.07) is 26.2. The van der Waals surface area contributed by atoms with Gasteiger partial charge < -0.3 is 0 Å². The van der Waals surface area contributed by atoms with Crippen LogP contribution in [0.4, 0.5) is 0 Å². The minimum Gasteiger partial charge on any atom is -0.242 e. The smallest absolute Gasteiger partial charge is 0.242 e. The molecule has 5 nitrogen and oxygen atoms in total. The molecule has 0 radical (unpaired) electrons. The highest BCUT2D eigenvalue weighted by Crippen LogP contribution is 2.32. The van der Waals surface area contributed by atoms with Gasteiger partial charge >= 0.3 is 0 Å². The first kappa shape index (κ1) is 18.0. The van der Waals surface area contributed by atoms with E-state index in [2.05, 4.69) is 0 Å². The van der Waals surface area contributed by atoms with Gasteiger partial charge in [-0.05, 0) is 48.0 Å². The molecule has 0 aliphatic heterocycles. The predicted molar refractivity (Wildman–Crippen MR) is 124 cm³/mol. The maximum Gasteiger partial charge on any atom is 0.269 e. The van der Waals surface area contributed by atoms with E-state index in [1.54, 1.807) is 30.3 Å². The van der Waals surface area contributed by atoms with Crippen molar-refractivity contribution < 1.29 is 8.42 Å². The molecule has 0 N–H and O–H groups in total. The lowest BCUT2D eigenvalue weighted by molar-refractivity contribution is 0.590. The van der Waals surface area contributed by atoms with Crippen molar-refractivity contribution in [3.8, 4) is 0 Å². The van der Waals surface area contributed by atoms with Gasteiger partial charge in [-0.15, -0.1) is 0 Å². The average Bonchev–Trinajstić information content (AvgIpc) is 3.10. The van der Waals surface area contributed by atoms with E-state index in [1.807, 2.05) is 61.5 Å². The van der Waals surface area contributed by atoms with Gasteiger partial charge in [-0.3, -0.25) is 0 Å². The number of fused-ring (bicyclic) bond motifs is 5. The minimum atomic E-state index is -3.86. The summed E-state index contributed by atoms with van der Waals surface area (Å²) in [4.78, 5) is 9.87. The maximum atomic E-state index is 13.7. The van der Waals surface area contributed by atoms with E-state index in [-0.39, 0.29) is 4.90 Å². The summed E-state index contributed by atoms with van der Waals surface area (Å²) in [5.74, 6) is 0. The standard InChI is InChI=1S/C25H17N3O2S/c1-16-10-12-19(13-11-16)31(29,30)28-23-9-5-4-8-20(23)24-25(28)27-22-15-18-7-3-2-6-17(18)14-21(22)26-24/h2-15H,1H3. The van der Waals surface area contributed by atoms with Crippen molar-refractivity contribution in [3.63, 3.8) is 0 Å². The summed E-state index contributed by atoms with van der Waals surface area (Å²) in [7, 11) is -3.86.